The summed E-state index contributed by atoms with van der Waals surface area (Å²) in [5.74, 6) is 0.321. The maximum atomic E-state index is 11.4. The summed E-state index contributed by atoms with van der Waals surface area (Å²) in [6.45, 7) is 3.90. The number of anilines is 1. The first-order valence-corrected chi connectivity index (χ1v) is 5.93. The fourth-order valence-corrected chi connectivity index (χ4v) is 1.82. The summed E-state index contributed by atoms with van der Waals surface area (Å²) in [5.41, 5.74) is 3.71. The number of nitrogens with one attached hydrogen (secondary N) is 1. The summed E-state index contributed by atoms with van der Waals surface area (Å²) in [6.07, 6.45) is 1.60. The van der Waals surface area contributed by atoms with E-state index in [1.807, 2.05) is 0 Å². The van der Waals surface area contributed by atoms with Gasteiger partial charge in [-0.25, -0.2) is 14.8 Å². The highest BCUT2D eigenvalue weighted by molar-refractivity contribution is 5.89. The summed E-state index contributed by atoms with van der Waals surface area (Å²) in [6, 6.07) is 3.34. The number of hydrogen-bond acceptors (Lipinski definition) is 6. The molecular formula is C12H18N4O2. The van der Waals surface area contributed by atoms with Crippen LogP contribution >= 0.6 is 0 Å². The molecule has 1 aliphatic heterocycles. The number of carbonyl (C=O) groups excluding carboxylic acids is 1. The molecule has 1 fully saturated rings. The van der Waals surface area contributed by atoms with Gasteiger partial charge in [0.1, 0.15) is 5.82 Å². The molecule has 1 aromatic rings. The molecular weight excluding hydrogens is 232 g/mol. The first-order valence-electron chi connectivity index (χ1n) is 5.93. The van der Waals surface area contributed by atoms with E-state index in [1.54, 1.807) is 18.3 Å². The number of methoxy groups -OCH3 is 1. The number of likely N-dealkylation sites (N-methyl/N-ethyl adjacent to an activating group) is 1. The third kappa shape index (κ3) is 3.18. The van der Waals surface area contributed by atoms with E-state index in [4.69, 9.17) is 0 Å². The Morgan fingerprint density at radius 1 is 1.39 bits per heavy atom. The van der Waals surface area contributed by atoms with Crippen molar-refractivity contribution in [1.82, 2.24) is 14.9 Å². The van der Waals surface area contributed by atoms with Gasteiger partial charge in [-0.3, -0.25) is 0 Å². The van der Waals surface area contributed by atoms with Crippen LogP contribution in [0.25, 0.3) is 0 Å². The van der Waals surface area contributed by atoms with Gasteiger partial charge in [-0.2, -0.15) is 0 Å². The molecule has 98 valence electrons. The van der Waals surface area contributed by atoms with Crippen molar-refractivity contribution in [3.8, 4) is 0 Å². The molecule has 0 spiro atoms. The molecule has 0 aliphatic carbocycles. The van der Waals surface area contributed by atoms with Gasteiger partial charge in [0.25, 0.3) is 0 Å². The van der Waals surface area contributed by atoms with Crippen molar-refractivity contribution in [2.45, 2.75) is 0 Å². The van der Waals surface area contributed by atoms with Crippen molar-refractivity contribution in [2.24, 2.45) is 0 Å². The van der Waals surface area contributed by atoms with Crippen LogP contribution < -0.4 is 5.43 Å². The smallest absolute Gasteiger partial charge is 0.338 e. The number of rotatable bonds is 3. The molecule has 0 bridgehead atoms. The number of nitrogens with zero attached hydrogens (tertiary/aromatic N) is 3. The van der Waals surface area contributed by atoms with E-state index in [0.717, 1.165) is 26.2 Å². The van der Waals surface area contributed by atoms with Crippen LogP contribution in [0.3, 0.4) is 0 Å². The Bertz CT molecular complexity index is 416. The van der Waals surface area contributed by atoms with E-state index in [0.29, 0.717) is 11.4 Å². The van der Waals surface area contributed by atoms with Crippen LogP contribution in [0.4, 0.5) is 5.82 Å². The lowest BCUT2D eigenvalue weighted by Gasteiger charge is -2.32. The van der Waals surface area contributed by atoms with Crippen molar-refractivity contribution < 1.29 is 9.53 Å². The van der Waals surface area contributed by atoms with Gasteiger partial charge in [0.2, 0.25) is 0 Å². The molecule has 6 nitrogen and oxygen atoms in total. The first-order chi connectivity index (χ1) is 8.69. The highest BCUT2D eigenvalue weighted by Crippen LogP contribution is 2.10. The van der Waals surface area contributed by atoms with Crippen LogP contribution in [0.1, 0.15) is 10.4 Å². The van der Waals surface area contributed by atoms with Gasteiger partial charge >= 0.3 is 5.97 Å². The number of carbonyl (C=O) groups is 1. The van der Waals surface area contributed by atoms with Crippen molar-refractivity contribution >= 4 is 11.8 Å². The SMILES string of the molecule is COC(=O)c1ccnc(NN2CCN(C)CC2)c1. The molecule has 0 amide bonds. The molecule has 1 N–H and O–H groups in total. The summed E-state index contributed by atoms with van der Waals surface area (Å²) in [5, 5.41) is 2.10. The van der Waals surface area contributed by atoms with Gasteiger partial charge in [0.15, 0.2) is 0 Å². The van der Waals surface area contributed by atoms with Crippen LogP contribution in [0, 0.1) is 0 Å². The lowest BCUT2D eigenvalue weighted by atomic mass is 10.2. The molecule has 1 aliphatic rings. The Hall–Kier alpha value is -1.66. The topological polar surface area (TPSA) is 57.7 Å². The predicted octanol–water partition coefficient (Wildman–Crippen LogP) is 0.442. The minimum atomic E-state index is -0.348. The van der Waals surface area contributed by atoms with E-state index < -0.39 is 0 Å². The Kier molecular flexibility index (Phi) is 4.11. The summed E-state index contributed by atoms with van der Waals surface area (Å²) < 4.78 is 4.68. The van der Waals surface area contributed by atoms with Gasteiger partial charge in [0.05, 0.1) is 12.7 Å². The quantitative estimate of drug-likeness (QED) is 0.786. The van der Waals surface area contributed by atoms with Crippen LogP contribution in [0.5, 0.6) is 0 Å². The molecule has 6 heteroatoms. The van der Waals surface area contributed by atoms with E-state index in [1.165, 1.54) is 7.11 Å². The molecule has 0 unspecified atom stereocenters. The second kappa shape index (κ2) is 5.79. The van der Waals surface area contributed by atoms with Crippen molar-refractivity contribution in [1.29, 1.82) is 0 Å². The van der Waals surface area contributed by atoms with Crippen molar-refractivity contribution in [3.63, 3.8) is 0 Å². The summed E-state index contributed by atoms with van der Waals surface area (Å²) in [4.78, 5) is 17.9. The van der Waals surface area contributed by atoms with E-state index in [-0.39, 0.29) is 5.97 Å². The number of hydrogen-bond donors (Lipinski definition) is 1. The third-order valence-corrected chi connectivity index (χ3v) is 2.96. The van der Waals surface area contributed by atoms with Gasteiger partial charge in [-0.05, 0) is 19.2 Å². The number of pyridine rings is 1. The highest BCUT2D eigenvalue weighted by atomic mass is 16.5. The molecule has 18 heavy (non-hydrogen) atoms. The normalized spacial score (nSPS) is 17.4. The van der Waals surface area contributed by atoms with E-state index in [2.05, 4.69) is 32.1 Å². The summed E-state index contributed by atoms with van der Waals surface area (Å²) in [7, 11) is 3.48. The first kappa shape index (κ1) is 12.8. The number of esters is 1. The Labute approximate surface area is 107 Å². The Balaban J connectivity index is 1.99. The number of piperazine rings is 1. The number of aromatic nitrogens is 1. The monoisotopic (exact) mass is 250 g/mol. The van der Waals surface area contributed by atoms with Crippen LogP contribution in [-0.4, -0.2) is 61.2 Å². The van der Waals surface area contributed by atoms with Crippen LogP contribution in [0.2, 0.25) is 0 Å². The molecule has 0 saturated carbocycles. The fourth-order valence-electron chi connectivity index (χ4n) is 1.82. The van der Waals surface area contributed by atoms with Crippen LogP contribution in [-0.2, 0) is 4.74 Å². The zero-order valence-corrected chi connectivity index (χ0v) is 10.7. The average Bonchev–Trinajstić information content (AvgIpc) is 2.41. The van der Waals surface area contributed by atoms with Crippen LogP contribution in [0.15, 0.2) is 18.3 Å². The highest BCUT2D eigenvalue weighted by Gasteiger charge is 2.14. The maximum Gasteiger partial charge on any atom is 0.338 e. The second-order valence-electron chi connectivity index (χ2n) is 4.32. The molecule has 1 saturated heterocycles. The molecule has 1 aromatic heterocycles. The molecule has 0 aromatic carbocycles. The molecule has 0 atom stereocenters. The number of ether oxygens (including phenoxy) is 1. The standard InChI is InChI=1S/C12H18N4O2/c1-15-5-7-16(8-6-15)14-11-9-10(3-4-13-11)12(17)18-2/h3-4,9H,5-8H2,1-2H3,(H,13,14). The summed E-state index contributed by atoms with van der Waals surface area (Å²) >= 11 is 0. The van der Waals surface area contributed by atoms with Gasteiger partial charge in [0, 0.05) is 32.4 Å². The van der Waals surface area contributed by atoms with Gasteiger partial charge in [-0.1, -0.05) is 0 Å². The van der Waals surface area contributed by atoms with Crippen molar-refractivity contribution in [2.75, 3.05) is 45.8 Å². The zero-order chi connectivity index (χ0) is 13.0. The van der Waals surface area contributed by atoms with E-state index >= 15 is 0 Å². The van der Waals surface area contributed by atoms with Crippen molar-refractivity contribution in [3.05, 3.63) is 23.9 Å². The average molecular weight is 250 g/mol. The van der Waals surface area contributed by atoms with E-state index in [9.17, 15) is 4.79 Å². The third-order valence-electron chi connectivity index (χ3n) is 2.96. The minimum absolute atomic E-state index is 0.348. The Morgan fingerprint density at radius 2 is 2.11 bits per heavy atom. The predicted molar refractivity (Wildman–Crippen MR) is 68.3 cm³/mol. The number of hydrazine groups is 1. The molecule has 2 heterocycles. The molecule has 0 radical (unpaired) electrons. The maximum absolute atomic E-state index is 11.4. The van der Waals surface area contributed by atoms with Gasteiger partial charge in [-0.15, -0.1) is 0 Å². The molecule has 2 rings (SSSR count). The zero-order valence-electron chi connectivity index (χ0n) is 10.7. The second-order valence-corrected chi connectivity index (χ2v) is 4.32. The van der Waals surface area contributed by atoms with Gasteiger partial charge < -0.3 is 15.1 Å². The lowest BCUT2D eigenvalue weighted by molar-refractivity contribution is 0.0600. The fraction of sp³-hybridized carbons (Fsp3) is 0.500. The lowest BCUT2D eigenvalue weighted by Crippen LogP contribution is -2.47. The largest absolute Gasteiger partial charge is 0.465 e. The Morgan fingerprint density at radius 3 is 2.78 bits per heavy atom. The minimum Gasteiger partial charge on any atom is -0.465 e.